The first-order valence-electron chi connectivity index (χ1n) is 4.52. The summed E-state index contributed by atoms with van der Waals surface area (Å²) in [6, 6.07) is 10.3. The molecule has 0 radical (unpaired) electrons. The highest BCUT2D eigenvalue weighted by Gasteiger charge is 2.33. The van der Waals surface area contributed by atoms with Crippen LogP contribution in [0, 0.1) is 5.92 Å². The molecule has 1 aromatic rings. The molecule has 1 heteroatoms. The first-order valence-corrected chi connectivity index (χ1v) is 4.52. The van der Waals surface area contributed by atoms with Crippen molar-refractivity contribution in [1.82, 2.24) is 0 Å². The fourth-order valence-corrected chi connectivity index (χ4v) is 1.30. The lowest BCUT2D eigenvalue weighted by Crippen LogP contribution is -1.95. The third kappa shape index (κ3) is 1.86. The minimum absolute atomic E-state index is 0.533. The number of hydrogen-bond donors (Lipinski definition) is 0. The van der Waals surface area contributed by atoms with Crippen molar-refractivity contribution in [3.63, 3.8) is 0 Å². The molecular weight excluding hydrogens is 148 g/mol. The Morgan fingerprint density at radius 3 is 2.58 bits per heavy atom. The lowest BCUT2D eigenvalue weighted by molar-refractivity contribution is 0.0971. The maximum absolute atomic E-state index is 5.65. The molecular formula is C11H14O. The van der Waals surface area contributed by atoms with Crippen molar-refractivity contribution in [3.8, 4) is 0 Å². The van der Waals surface area contributed by atoms with Gasteiger partial charge < -0.3 is 4.74 Å². The van der Waals surface area contributed by atoms with Crippen LogP contribution in [-0.2, 0) is 11.3 Å². The zero-order chi connectivity index (χ0) is 8.39. The van der Waals surface area contributed by atoms with Crippen molar-refractivity contribution in [1.29, 1.82) is 0 Å². The molecule has 0 saturated heterocycles. The Morgan fingerprint density at radius 1 is 1.33 bits per heavy atom. The average Bonchev–Trinajstić information content (AvgIpc) is 2.81. The lowest BCUT2D eigenvalue weighted by atomic mass is 10.2. The molecule has 0 aliphatic heterocycles. The smallest absolute Gasteiger partial charge is 0.0720 e. The summed E-state index contributed by atoms with van der Waals surface area (Å²) in [6.07, 6.45) is 1.78. The molecule has 1 aliphatic carbocycles. The molecule has 0 spiro atoms. The average molecular weight is 162 g/mol. The van der Waals surface area contributed by atoms with Crippen LogP contribution in [0.25, 0.3) is 0 Å². The van der Waals surface area contributed by atoms with E-state index in [9.17, 15) is 0 Å². The molecule has 1 aliphatic rings. The van der Waals surface area contributed by atoms with E-state index in [-0.39, 0.29) is 0 Å². The number of hydrogen-bond acceptors (Lipinski definition) is 1. The molecule has 12 heavy (non-hydrogen) atoms. The van der Waals surface area contributed by atoms with E-state index < -0.39 is 0 Å². The van der Waals surface area contributed by atoms with Gasteiger partial charge >= 0.3 is 0 Å². The van der Waals surface area contributed by atoms with Gasteiger partial charge in [-0.25, -0.2) is 0 Å². The second-order valence-electron chi connectivity index (χ2n) is 3.55. The Labute approximate surface area is 73.4 Å². The molecule has 1 unspecified atom stereocenters. The molecule has 0 aromatic heterocycles. The van der Waals surface area contributed by atoms with E-state index in [1.807, 2.05) is 6.07 Å². The third-order valence-electron chi connectivity index (χ3n) is 2.34. The summed E-state index contributed by atoms with van der Waals surface area (Å²) in [4.78, 5) is 0. The van der Waals surface area contributed by atoms with Crippen LogP contribution in [0.3, 0.4) is 0 Å². The Morgan fingerprint density at radius 2 is 2.00 bits per heavy atom. The third-order valence-corrected chi connectivity index (χ3v) is 2.34. The Balaban J connectivity index is 1.80. The quantitative estimate of drug-likeness (QED) is 0.663. The van der Waals surface area contributed by atoms with Gasteiger partial charge in [0.15, 0.2) is 0 Å². The van der Waals surface area contributed by atoms with Crippen LogP contribution in [0.5, 0.6) is 0 Å². The summed E-state index contributed by atoms with van der Waals surface area (Å²) < 4.78 is 5.65. The summed E-state index contributed by atoms with van der Waals surface area (Å²) in [5.74, 6) is 0.786. The van der Waals surface area contributed by atoms with Gasteiger partial charge in [-0.2, -0.15) is 0 Å². The molecule has 1 saturated carbocycles. The molecule has 1 fully saturated rings. The summed E-state index contributed by atoms with van der Waals surface area (Å²) in [5.41, 5.74) is 1.27. The fourth-order valence-electron chi connectivity index (χ4n) is 1.30. The van der Waals surface area contributed by atoms with Crippen LogP contribution >= 0.6 is 0 Å². The van der Waals surface area contributed by atoms with Crippen LogP contribution in [0.2, 0.25) is 0 Å². The van der Waals surface area contributed by atoms with Crippen molar-refractivity contribution in [2.75, 3.05) is 0 Å². The van der Waals surface area contributed by atoms with Crippen molar-refractivity contribution in [2.24, 2.45) is 5.92 Å². The molecule has 1 nitrogen and oxygen atoms in total. The van der Waals surface area contributed by atoms with Gasteiger partial charge in [0.25, 0.3) is 0 Å². The number of ether oxygens (including phenoxy) is 1. The topological polar surface area (TPSA) is 9.23 Å². The van der Waals surface area contributed by atoms with E-state index in [2.05, 4.69) is 31.2 Å². The van der Waals surface area contributed by atoms with Gasteiger partial charge in [0.05, 0.1) is 12.7 Å². The second kappa shape index (κ2) is 3.28. The highest BCUT2D eigenvalue weighted by molar-refractivity contribution is 5.13. The largest absolute Gasteiger partial charge is 0.373 e. The van der Waals surface area contributed by atoms with Gasteiger partial charge in [0.1, 0.15) is 0 Å². The van der Waals surface area contributed by atoms with Crippen LogP contribution < -0.4 is 0 Å². The van der Waals surface area contributed by atoms with Crippen molar-refractivity contribution in [3.05, 3.63) is 35.9 Å². The predicted molar refractivity (Wildman–Crippen MR) is 48.8 cm³/mol. The second-order valence-corrected chi connectivity index (χ2v) is 3.55. The van der Waals surface area contributed by atoms with Crippen molar-refractivity contribution in [2.45, 2.75) is 26.1 Å². The Bertz CT molecular complexity index is 242. The van der Waals surface area contributed by atoms with Gasteiger partial charge in [-0.1, -0.05) is 37.3 Å². The zero-order valence-corrected chi connectivity index (χ0v) is 7.36. The molecule has 0 heterocycles. The van der Waals surface area contributed by atoms with Gasteiger partial charge in [-0.05, 0) is 17.9 Å². The minimum Gasteiger partial charge on any atom is -0.373 e. The summed E-state index contributed by atoms with van der Waals surface area (Å²) >= 11 is 0. The molecule has 0 bridgehead atoms. The summed E-state index contributed by atoms with van der Waals surface area (Å²) in [5, 5.41) is 0. The highest BCUT2D eigenvalue weighted by atomic mass is 16.5. The highest BCUT2D eigenvalue weighted by Crippen LogP contribution is 2.33. The van der Waals surface area contributed by atoms with Crippen LogP contribution in [-0.4, -0.2) is 6.10 Å². The lowest BCUT2D eigenvalue weighted by Gasteiger charge is -2.01. The molecule has 1 aromatic carbocycles. The van der Waals surface area contributed by atoms with E-state index in [1.54, 1.807) is 0 Å². The van der Waals surface area contributed by atoms with E-state index in [4.69, 9.17) is 4.74 Å². The fraction of sp³-hybridized carbons (Fsp3) is 0.455. The molecule has 0 N–H and O–H groups in total. The first-order chi connectivity index (χ1) is 5.86. The van der Waals surface area contributed by atoms with Crippen LogP contribution in [0.4, 0.5) is 0 Å². The van der Waals surface area contributed by atoms with E-state index in [0.29, 0.717) is 6.10 Å². The first kappa shape index (κ1) is 7.81. The van der Waals surface area contributed by atoms with Crippen molar-refractivity contribution < 1.29 is 4.74 Å². The van der Waals surface area contributed by atoms with E-state index in [1.165, 1.54) is 12.0 Å². The van der Waals surface area contributed by atoms with Gasteiger partial charge in [0.2, 0.25) is 0 Å². The van der Waals surface area contributed by atoms with E-state index in [0.717, 1.165) is 12.5 Å². The SMILES string of the molecule is CC1C[C@H]1OCc1ccccc1. The van der Waals surface area contributed by atoms with Gasteiger partial charge in [0, 0.05) is 0 Å². The van der Waals surface area contributed by atoms with Crippen LogP contribution in [0.1, 0.15) is 18.9 Å². The number of rotatable bonds is 3. The molecule has 2 rings (SSSR count). The Kier molecular flexibility index (Phi) is 2.13. The maximum Gasteiger partial charge on any atom is 0.0720 e. The minimum atomic E-state index is 0.533. The standard InChI is InChI=1S/C11H14O/c1-9-7-11(9)12-8-10-5-3-2-4-6-10/h2-6,9,11H,7-8H2,1H3/t9?,11-/m1/s1. The Hall–Kier alpha value is -0.820. The summed E-state index contributed by atoms with van der Waals surface area (Å²) in [7, 11) is 0. The predicted octanol–water partition coefficient (Wildman–Crippen LogP) is 2.61. The summed E-state index contributed by atoms with van der Waals surface area (Å²) in [6.45, 7) is 3.01. The maximum atomic E-state index is 5.65. The monoisotopic (exact) mass is 162 g/mol. The van der Waals surface area contributed by atoms with Crippen molar-refractivity contribution >= 4 is 0 Å². The normalized spacial score (nSPS) is 27.1. The molecule has 0 amide bonds. The van der Waals surface area contributed by atoms with Gasteiger partial charge in [-0.3, -0.25) is 0 Å². The van der Waals surface area contributed by atoms with Crippen LogP contribution in [0.15, 0.2) is 30.3 Å². The molecule has 64 valence electrons. The van der Waals surface area contributed by atoms with E-state index >= 15 is 0 Å². The van der Waals surface area contributed by atoms with Gasteiger partial charge in [-0.15, -0.1) is 0 Å². The number of benzene rings is 1. The zero-order valence-electron chi connectivity index (χ0n) is 7.36. The molecule has 2 atom stereocenters.